The Balaban J connectivity index is 2.86. The van der Waals surface area contributed by atoms with E-state index in [4.69, 9.17) is 5.73 Å². The van der Waals surface area contributed by atoms with Crippen molar-refractivity contribution in [3.63, 3.8) is 0 Å². The molecule has 0 saturated heterocycles. The molecule has 0 aliphatic heterocycles. The number of sulfonamides is 1. The van der Waals surface area contributed by atoms with Crippen LogP contribution in [0.4, 0.5) is 5.69 Å². The van der Waals surface area contributed by atoms with Gasteiger partial charge in [0.05, 0.1) is 5.69 Å². The lowest BCUT2D eigenvalue weighted by Crippen LogP contribution is -2.33. The number of nitrogens with one attached hydrogen (secondary N) is 1. The number of anilines is 1. The van der Waals surface area contributed by atoms with E-state index < -0.39 is 10.0 Å². The molecule has 0 bridgehead atoms. The molecular formula is C13H22N2O2S. The summed E-state index contributed by atoms with van der Waals surface area (Å²) in [6, 6.07) is 4.91. The lowest BCUT2D eigenvalue weighted by molar-refractivity contribution is 0.534. The van der Waals surface area contributed by atoms with Gasteiger partial charge in [0, 0.05) is 6.04 Å². The van der Waals surface area contributed by atoms with Crippen molar-refractivity contribution in [3.8, 4) is 0 Å². The first-order valence-corrected chi connectivity index (χ1v) is 7.73. The second-order valence-electron chi connectivity index (χ2n) is 4.71. The molecule has 0 saturated carbocycles. The van der Waals surface area contributed by atoms with Crippen molar-refractivity contribution in [1.82, 2.24) is 4.72 Å². The average Bonchev–Trinajstić information content (AvgIpc) is 2.25. The summed E-state index contributed by atoms with van der Waals surface area (Å²) in [5.74, 6) is 0. The topological polar surface area (TPSA) is 72.2 Å². The van der Waals surface area contributed by atoms with Gasteiger partial charge in [-0.2, -0.15) is 0 Å². The number of aryl methyl sites for hydroxylation is 1. The Morgan fingerprint density at radius 2 is 2.06 bits per heavy atom. The van der Waals surface area contributed by atoms with Crippen LogP contribution in [-0.4, -0.2) is 14.5 Å². The van der Waals surface area contributed by atoms with Gasteiger partial charge in [0.15, 0.2) is 0 Å². The molecule has 0 aliphatic carbocycles. The summed E-state index contributed by atoms with van der Waals surface area (Å²) in [5.41, 5.74) is 7.01. The van der Waals surface area contributed by atoms with Crippen molar-refractivity contribution >= 4 is 15.7 Å². The van der Waals surface area contributed by atoms with Crippen molar-refractivity contribution < 1.29 is 8.42 Å². The molecule has 4 nitrogen and oxygen atoms in total. The van der Waals surface area contributed by atoms with Gasteiger partial charge < -0.3 is 5.73 Å². The fourth-order valence-electron chi connectivity index (χ4n) is 1.81. The number of nitrogens with two attached hydrogens (primary N) is 1. The number of hydrogen-bond donors (Lipinski definition) is 2. The van der Waals surface area contributed by atoms with Gasteiger partial charge in [-0.05, 0) is 38.0 Å². The minimum atomic E-state index is -3.51. The molecule has 1 atom stereocenters. The molecule has 1 rings (SSSR count). The zero-order valence-electron chi connectivity index (χ0n) is 11.2. The Hall–Kier alpha value is -1.07. The average molecular weight is 270 g/mol. The van der Waals surface area contributed by atoms with Crippen molar-refractivity contribution in [2.24, 2.45) is 0 Å². The first kappa shape index (κ1) is 15.0. The van der Waals surface area contributed by atoms with Crippen LogP contribution in [0.1, 0.15) is 38.7 Å². The molecular weight excluding hydrogens is 248 g/mol. The predicted octanol–water partition coefficient (Wildman–Crippen LogP) is 2.43. The van der Waals surface area contributed by atoms with Gasteiger partial charge in [-0.15, -0.1) is 0 Å². The molecule has 18 heavy (non-hydrogen) atoms. The molecule has 1 aromatic rings. The fraction of sp³-hybridized carbons (Fsp3) is 0.538. The van der Waals surface area contributed by atoms with Gasteiger partial charge in [0.2, 0.25) is 10.0 Å². The van der Waals surface area contributed by atoms with Crippen LogP contribution in [0.5, 0.6) is 0 Å². The van der Waals surface area contributed by atoms with Crippen molar-refractivity contribution in [3.05, 3.63) is 23.8 Å². The molecule has 0 aliphatic rings. The SMILES string of the molecule is CCCCC(C)NS(=O)(=O)c1ccc(C)cc1N. The summed E-state index contributed by atoms with van der Waals surface area (Å²) in [4.78, 5) is 0.163. The number of hydrogen-bond acceptors (Lipinski definition) is 3. The highest BCUT2D eigenvalue weighted by Gasteiger charge is 2.19. The zero-order valence-corrected chi connectivity index (χ0v) is 12.0. The monoisotopic (exact) mass is 270 g/mol. The Bertz CT molecular complexity index is 498. The number of rotatable bonds is 6. The van der Waals surface area contributed by atoms with Gasteiger partial charge in [-0.25, -0.2) is 13.1 Å². The third-order valence-electron chi connectivity index (χ3n) is 2.80. The molecule has 0 aromatic heterocycles. The molecule has 0 heterocycles. The standard InChI is InChI=1S/C13H22N2O2S/c1-4-5-6-11(3)15-18(16,17)13-8-7-10(2)9-12(13)14/h7-9,11,15H,4-6,14H2,1-3H3. The second-order valence-corrected chi connectivity index (χ2v) is 6.39. The maximum atomic E-state index is 12.1. The highest BCUT2D eigenvalue weighted by molar-refractivity contribution is 7.89. The van der Waals surface area contributed by atoms with E-state index in [0.29, 0.717) is 5.69 Å². The zero-order chi connectivity index (χ0) is 13.8. The van der Waals surface area contributed by atoms with Crippen LogP contribution in [0.15, 0.2) is 23.1 Å². The quantitative estimate of drug-likeness (QED) is 0.780. The van der Waals surface area contributed by atoms with Crippen LogP contribution in [0, 0.1) is 6.92 Å². The highest BCUT2D eigenvalue weighted by atomic mass is 32.2. The molecule has 0 radical (unpaired) electrons. The largest absolute Gasteiger partial charge is 0.398 e. The smallest absolute Gasteiger partial charge is 0.242 e. The van der Waals surface area contributed by atoms with Gasteiger partial charge >= 0.3 is 0 Å². The first-order chi connectivity index (χ1) is 8.36. The van der Waals surface area contributed by atoms with Gasteiger partial charge in [0.1, 0.15) is 4.90 Å². The Labute approximate surface area is 110 Å². The molecule has 1 aromatic carbocycles. The maximum absolute atomic E-state index is 12.1. The fourth-order valence-corrected chi connectivity index (χ4v) is 3.20. The number of benzene rings is 1. The van der Waals surface area contributed by atoms with Crippen LogP contribution < -0.4 is 10.5 Å². The van der Waals surface area contributed by atoms with E-state index in [0.717, 1.165) is 24.8 Å². The first-order valence-electron chi connectivity index (χ1n) is 6.25. The summed E-state index contributed by atoms with van der Waals surface area (Å²) in [6.07, 6.45) is 2.90. The lowest BCUT2D eigenvalue weighted by atomic mass is 10.2. The normalized spacial score (nSPS) is 13.5. The van der Waals surface area contributed by atoms with Crippen LogP contribution >= 0.6 is 0 Å². The van der Waals surface area contributed by atoms with Gasteiger partial charge in [-0.1, -0.05) is 25.8 Å². The Morgan fingerprint density at radius 1 is 1.39 bits per heavy atom. The van der Waals surface area contributed by atoms with Crippen LogP contribution in [-0.2, 0) is 10.0 Å². The summed E-state index contributed by atoms with van der Waals surface area (Å²) in [7, 11) is -3.51. The van der Waals surface area contributed by atoms with Crippen LogP contribution in [0.2, 0.25) is 0 Å². The minimum Gasteiger partial charge on any atom is -0.398 e. The summed E-state index contributed by atoms with van der Waals surface area (Å²) in [6.45, 7) is 5.83. The predicted molar refractivity (Wildman–Crippen MR) is 74.9 cm³/mol. The Kier molecular flexibility index (Phi) is 5.16. The van der Waals surface area contributed by atoms with Gasteiger partial charge in [0.25, 0.3) is 0 Å². The summed E-state index contributed by atoms with van der Waals surface area (Å²) >= 11 is 0. The van der Waals surface area contributed by atoms with E-state index in [2.05, 4.69) is 11.6 Å². The minimum absolute atomic E-state index is 0.0735. The van der Waals surface area contributed by atoms with Crippen molar-refractivity contribution in [1.29, 1.82) is 0 Å². The Morgan fingerprint density at radius 3 is 2.61 bits per heavy atom. The highest BCUT2D eigenvalue weighted by Crippen LogP contribution is 2.20. The number of unbranched alkanes of at least 4 members (excludes halogenated alkanes) is 1. The third-order valence-corrected chi connectivity index (χ3v) is 4.47. The van der Waals surface area contributed by atoms with E-state index in [9.17, 15) is 8.42 Å². The van der Waals surface area contributed by atoms with Crippen LogP contribution in [0.25, 0.3) is 0 Å². The van der Waals surface area contributed by atoms with E-state index in [1.807, 2.05) is 13.8 Å². The second kappa shape index (κ2) is 6.20. The summed E-state index contributed by atoms with van der Waals surface area (Å²) in [5, 5.41) is 0. The van der Waals surface area contributed by atoms with Gasteiger partial charge in [-0.3, -0.25) is 0 Å². The molecule has 102 valence electrons. The third kappa shape index (κ3) is 3.99. The molecule has 0 amide bonds. The summed E-state index contributed by atoms with van der Waals surface area (Å²) < 4.78 is 27.0. The molecule has 3 N–H and O–H groups in total. The molecule has 0 spiro atoms. The molecule has 1 unspecified atom stereocenters. The van der Waals surface area contributed by atoms with E-state index in [-0.39, 0.29) is 10.9 Å². The number of nitrogen functional groups attached to an aromatic ring is 1. The van der Waals surface area contributed by atoms with E-state index in [1.54, 1.807) is 18.2 Å². The molecule has 5 heteroatoms. The maximum Gasteiger partial charge on any atom is 0.242 e. The van der Waals surface area contributed by atoms with E-state index >= 15 is 0 Å². The van der Waals surface area contributed by atoms with Crippen molar-refractivity contribution in [2.75, 3.05) is 5.73 Å². The van der Waals surface area contributed by atoms with Crippen LogP contribution in [0.3, 0.4) is 0 Å². The molecule has 0 fully saturated rings. The van der Waals surface area contributed by atoms with Crippen molar-refractivity contribution in [2.45, 2.75) is 51.0 Å². The lowest BCUT2D eigenvalue weighted by Gasteiger charge is -2.15. The van der Waals surface area contributed by atoms with E-state index in [1.165, 1.54) is 0 Å².